The Hall–Kier alpha value is -1.10. The van der Waals surface area contributed by atoms with E-state index in [-0.39, 0.29) is 5.92 Å². The van der Waals surface area contributed by atoms with Gasteiger partial charge in [0, 0.05) is 45.0 Å². The topological polar surface area (TPSA) is 38.7 Å². The summed E-state index contributed by atoms with van der Waals surface area (Å²) in [5.74, 6) is 0.243. The normalized spacial score (nSPS) is 19.1. The van der Waals surface area contributed by atoms with E-state index in [2.05, 4.69) is 60.2 Å². The highest BCUT2D eigenvalue weighted by Crippen LogP contribution is 2.22. The minimum absolute atomic E-state index is 0.243. The number of benzene rings is 1. The first-order valence-corrected chi connectivity index (χ1v) is 8.92. The Kier molecular flexibility index (Phi) is 6.45. The first-order valence-electron chi connectivity index (χ1n) is 8.92. The molecule has 1 fully saturated rings. The molecule has 1 aromatic carbocycles. The number of nitrogens with zero attached hydrogens (tertiary/aromatic N) is 2. The van der Waals surface area contributed by atoms with E-state index in [9.17, 15) is 5.11 Å². The summed E-state index contributed by atoms with van der Waals surface area (Å²) < 4.78 is 0. The molecule has 4 heteroatoms. The monoisotopic (exact) mass is 319 g/mol. The van der Waals surface area contributed by atoms with Crippen LogP contribution in [0.4, 0.5) is 5.69 Å². The van der Waals surface area contributed by atoms with E-state index in [1.165, 1.54) is 11.3 Å². The Labute approximate surface area is 141 Å². The average molecular weight is 319 g/mol. The summed E-state index contributed by atoms with van der Waals surface area (Å²) in [7, 11) is 0. The van der Waals surface area contributed by atoms with E-state index in [0.29, 0.717) is 6.54 Å². The van der Waals surface area contributed by atoms with E-state index < -0.39 is 5.60 Å². The molecular weight excluding hydrogens is 286 g/mol. The lowest BCUT2D eigenvalue weighted by molar-refractivity contribution is 0.0140. The molecule has 0 aromatic heterocycles. The van der Waals surface area contributed by atoms with Gasteiger partial charge < -0.3 is 20.2 Å². The number of nitrogens with one attached hydrogen (secondary N) is 1. The molecule has 130 valence electrons. The second kappa shape index (κ2) is 8.13. The van der Waals surface area contributed by atoms with Crippen LogP contribution in [0.1, 0.15) is 33.3 Å². The fraction of sp³-hybridized carbons (Fsp3) is 0.684. The number of piperazine rings is 1. The zero-order chi connectivity index (χ0) is 16.9. The second-order valence-electron chi connectivity index (χ2n) is 7.17. The first-order chi connectivity index (χ1) is 10.9. The molecule has 1 aliphatic heterocycles. The van der Waals surface area contributed by atoms with Crippen LogP contribution in [-0.2, 0) is 6.54 Å². The molecule has 1 atom stereocenters. The first kappa shape index (κ1) is 18.2. The van der Waals surface area contributed by atoms with Gasteiger partial charge >= 0.3 is 0 Å². The molecule has 2 N–H and O–H groups in total. The molecule has 2 rings (SSSR count). The molecule has 1 heterocycles. The number of para-hydroxylation sites is 1. The van der Waals surface area contributed by atoms with Gasteiger partial charge in [-0.15, -0.1) is 0 Å². The minimum atomic E-state index is -0.665. The van der Waals surface area contributed by atoms with Crippen LogP contribution in [0.5, 0.6) is 0 Å². The van der Waals surface area contributed by atoms with Crippen LogP contribution in [0, 0.1) is 5.92 Å². The van der Waals surface area contributed by atoms with Crippen molar-refractivity contribution in [3.05, 3.63) is 29.8 Å². The van der Waals surface area contributed by atoms with Crippen LogP contribution in [0.2, 0.25) is 0 Å². The standard InChI is InChI=1S/C19H33N3O/c1-5-21-10-12-22(13-11-21)18-9-7-6-8-17(18)14-20-15-19(4,23)16(2)3/h6-9,16,20,23H,5,10-15H2,1-4H3. The van der Waals surface area contributed by atoms with Crippen molar-refractivity contribution in [1.29, 1.82) is 0 Å². The van der Waals surface area contributed by atoms with Crippen LogP contribution >= 0.6 is 0 Å². The summed E-state index contributed by atoms with van der Waals surface area (Å²) in [5, 5.41) is 13.8. The van der Waals surface area contributed by atoms with Crippen molar-refractivity contribution in [3.8, 4) is 0 Å². The molecule has 1 aliphatic rings. The van der Waals surface area contributed by atoms with Crippen LogP contribution in [0.3, 0.4) is 0 Å². The van der Waals surface area contributed by atoms with Gasteiger partial charge in [0.1, 0.15) is 0 Å². The number of anilines is 1. The number of hydrogen-bond donors (Lipinski definition) is 2. The van der Waals surface area contributed by atoms with Gasteiger partial charge in [-0.2, -0.15) is 0 Å². The van der Waals surface area contributed by atoms with Gasteiger partial charge in [0.2, 0.25) is 0 Å². The molecule has 0 spiro atoms. The Morgan fingerprint density at radius 3 is 2.43 bits per heavy atom. The highest BCUT2D eigenvalue weighted by atomic mass is 16.3. The summed E-state index contributed by atoms with van der Waals surface area (Å²) in [6.07, 6.45) is 0. The number of hydrogen-bond acceptors (Lipinski definition) is 4. The SMILES string of the molecule is CCN1CCN(c2ccccc2CNCC(C)(O)C(C)C)CC1. The molecule has 4 nitrogen and oxygen atoms in total. The minimum Gasteiger partial charge on any atom is -0.389 e. The van der Waals surface area contributed by atoms with Crippen molar-refractivity contribution < 1.29 is 5.11 Å². The lowest BCUT2D eigenvalue weighted by Crippen LogP contribution is -2.46. The van der Waals surface area contributed by atoms with Crippen LogP contribution in [0.25, 0.3) is 0 Å². The maximum atomic E-state index is 10.4. The van der Waals surface area contributed by atoms with Gasteiger partial charge in [0.25, 0.3) is 0 Å². The van der Waals surface area contributed by atoms with E-state index in [4.69, 9.17) is 0 Å². The van der Waals surface area contributed by atoms with Crippen molar-refractivity contribution in [2.24, 2.45) is 5.92 Å². The molecule has 1 aromatic rings. The molecule has 1 saturated heterocycles. The van der Waals surface area contributed by atoms with Gasteiger partial charge in [0.15, 0.2) is 0 Å². The third-order valence-corrected chi connectivity index (χ3v) is 5.19. The fourth-order valence-electron chi connectivity index (χ4n) is 2.93. The molecular formula is C19H33N3O. The fourth-order valence-corrected chi connectivity index (χ4v) is 2.93. The third kappa shape index (κ3) is 4.93. The highest BCUT2D eigenvalue weighted by molar-refractivity contribution is 5.54. The number of aliphatic hydroxyl groups is 1. The molecule has 0 radical (unpaired) electrons. The summed E-state index contributed by atoms with van der Waals surface area (Å²) in [4.78, 5) is 4.99. The molecule has 23 heavy (non-hydrogen) atoms. The van der Waals surface area contributed by atoms with E-state index in [0.717, 1.165) is 39.3 Å². The van der Waals surface area contributed by atoms with Crippen molar-refractivity contribution in [2.45, 2.75) is 39.8 Å². The second-order valence-corrected chi connectivity index (χ2v) is 7.17. The lowest BCUT2D eigenvalue weighted by atomic mass is 9.92. The van der Waals surface area contributed by atoms with Gasteiger partial charge in [-0.05, 0) is 31.0 Å². The van der Waals surface area contributed by atoms with E-state index >= 15 is 0 Å². The van der Waals surface area contributed by atoms with E-state index in [1.54, 1.807) is 0 Å². The Morgan fingerprint density at radius 1 is 1.17 bits per heavy atom. The van der Waals surface area contributed by atoms with Gasteiger partial charge in [-0.25, -0.2) is 0 Å². The van der Waals surface area contributed by atoms with Gasteiger partial charge in [-0.1, -0.05) is 39.0 Å². The van der Waals surface area contributed by atoms with Gasteiger partial charge in [-0.3, -0.25) is 0 Å². The predicted molar refractivity (Wildman–Crippen MR) is 97.9 cm³/mol. The van der Waals surface area contributed by atoms with Crippen LogP contribution in [-0.4, -0.2) is 54.9 Å². The zero-order valence-corrected chi connectivity index (χ0v) is 15.2. The highest BCUT2D eigenvalue weighted by Gasteiger charge is 2.24. The summed E-state index contributed by atoms with van der Waals surface area (Å²) in [5.41, 5.74) is 1.98. The van der Waals surface area contributed by atoms with Crippen LogP contribution in [0.15, 0.2) is 24.3 Å². The van der Waals surface area contributed by atoms with Crippen molar-refractivity contribution in [2.75, 3.05) is 44.2 Å². The van der Waals surface area contributed by atoms with E-state index in [1.807, 2.05) is 6.92 Å². The molecule has 1 unspecified atom stereocenters. The van der Waals surface area contributed by atoms with Crippen molar-refractivity contribution >= 4 is 5.69 Å². The molecule has 0 amide bonds. The Morgan fingerprint density at radius 2 is 1.83 bits per heavy atom. The van der Waals surface area contributed by atoms with Crippen molar-refractivity contribution in [1.82, 2.24) is 10.2 Å². The quantitative estimate of drug-likeness (QED) is 0.809. The van der Waals surface area contributed by atoms with Gasteiger partial charge in [0.05, 0.1) is 5.60 Å². The summed E-state index contributed by atoms with van der Waals surface area (Å²) in [6.45, 7) is 15.3. The molecule has 0 saturated carbocycles. The van der Waals surface area contributed by atoms with Crippen LogP contribution < -0.4 is 10.2 Å². The smallest absolute Gasteiger partial charge is 0.0766 e. The van der Waals surface area contributed by atoms with Crippen molar-refractivity contribution in [3.63, 3.8) is 0 Å². The summed E-state index contributed by atoms with van der Waals surface area (Å²) >= 11 is 0. The molecule has 0 aliphatic carbocycles. The average Bonchev–Trinajstić information content (AvgIpc) is 2.55. The third-order valence-electron chi connectivity index (χ3n) is 5.19. The maximum absolute atomic E-state index is 10.4. The zero-order valence-electron chi connectivity index (χ0n) is 15.2. The largest absolute Gasteiger partial charge is 0.389 e. The lowest BCUT2D eigenvalue weighted by Gasteiger charge is -2.36. The Bertz CT molecular complexity index is 479. The maximum Gasteiger partial charge on any atom is 0.0766 e. The Balaban J connectivity index is 1.96. The summed E-state index contributed by atoms with van der Waals surface area (Å²) in [6, 6.07) is 8.64. The molecule has 0 bridgehead atoms. The number of rotatable bonds is 7. The predicted octanol–water partition coefficient (Wildman–Crippen LogP) is 2.33. The number of likely N-dealkylation sites (N-methyl/N-ethyl adjacent to an activating group) is 1.